The van der Waals surface area contributed by atoms with Crippen LogP contribution in [0.5, 0.6) is 17.2 Å². The smallest absolute Gasteiger partial charge is 0.344 e. The molecule has 0 bridgehead atoms. The standard InChI is InChI=1S/C12H14O5/c1-2-3-10(12(13)14)17-8-4-5-9-11(6-8)16-7-15-9/h4-6,10H,2-3,7H2,1H3,(H,13,14)/t10-/m0/s1. The van der Waals surface area contributed by atoms with Crippen molar-refractivity contribution in [3.63, 3.8) is 0 Å². The second-order valence-corrected chi connectivity index (χ2v) is 3.75. The number of carbonyl (C=O) groups is 1. The van der Waals surface area contributed by atoms with Crippen molar-refractivity contribution in [2.45, 2.75) is 25.9 Å². The number of ether oxygens (including phenoxy) is 3. The fourth-order valence-electron chi connectivity index (χ4n) is 1.61. The van der Waals surface area contributed by atoms with Gasteiger partial charge in [-0.1, -0.05) is 13.3 Å². The first-order chi connectivity index (χ1) is 8.20. The zero-order valence-electron chi connectivity index (χ0n) is 9.51. The molecule has 0 fully saturated rings. The molecule has 1 aromatic rings. The number of carboxylic acid groups (broad SMARTS) is 1. The van der Waals surface area contributed by atoms with Gasteiger partial charge in [-0.25, -0.2) is 4.79 Å². The number of fused-ring (bicyclic) bond motifs is 1. The Kier molecular flexibility index (Phi) is 3.37. The molecule has 0 spiro atoms. The summed E-state index contributed by atoms with van der Waals surface area (Å²) in [7, 11) is 0. The Labute approximate surface area is 98.9 Å². The van der Waals surface area contributed by atoms with E-state index in [4.69, 9.17) is 19.3 Å². The van der Waals surface area contributed by atoms with E-state index in [1.807, 2.05) is 6.92 Å². The molecule has 0 amide bonds. The van der Waals surface area contributed by atoms with Crippen LogP contribution in [0.3, 0.4) is 0 Å². The number of aliphatic carboxylic acids is 1. The summed E-state index contributed by atoms with van der Waals surface area (Å²) in [6.45, 7) is 2.11. The van der Waals surface area contributed by atoms with Crippen LogP contribution in [0.4, 0.5) is 0 Å². The van der Waals surface area contributed by atoms with Crippen molar-refractivity contribution in [3.05, 3.63) is 18.2 Å². The van der Waals surface area contributed by atoms with Crippen LogP contribution >= 0.6 is 0 Å². The third kappa shape index (κ3) is 2.61. The summed E-state index contributed by atoms with van der Waals surface area (Å²) >= 11 is 0. The first-order valence-electron chi connectivity index (χ1n) is 5.50. The molecule has 92 valence electrons. The molecule has 2 rings (SSSR count). The molecule has 17 heavy (non-hydrogen) atoms. The molecule has 1 aliphatic heterocycles. The summed E-state index contributed by atoms with van der Waals surface area (Å²) in [5, 5.41) is 8.98. The molecule has 1 atom stereocenters. The van der Waals surface area contributed by atoms with Crippen molar-refractivity contribution in [1.82, 2.24) is 0 Å². The molecule has 0 saturated carbocycles. The first-order valence-corrected chi connectivity index (χ1v) is 5.50. The third-order valence-corrected chi connectivity index (χ3v) is 2.45. The highest BCUT2D eigenvalue weighted by atomic mass is 16.7. The van der Waals surface area contributed by atoms with E-state index in [2.05, 4.69) is 0 Å². The lowest BCUT2D eigenvalue weighted by atomic mass is 10.2. The average Bonchev–Trinajstić information content (AvgIpc) is 2.75. The average molecular weight is 238 g/mol. The van der Waals surface area contributed by atoms with Gasteiger partial charge in [0.1, 0.15) is 5.75 Å². The van der Waals surface area contributed by atoms with Gasteiger partial charge in [0, 0.05) is 6.07 Å². The maximum atomic E-state index is 10.9. The highest BCUT2D eigenvalue weighted by Gasteiger charge is 2.20. The van der Waals surface area contributed by atoms with Crippen LogP contribution in [0, 0.1) is 0 Å². The van der Waals surface area contributed by atoms with Gasteiger partial charge in [0.2, 0.25) is 6.79 Å². The fraction of sp³-hybridized carbons (Fsp3) is 0.417. The van der Waals surface area contributed by atoms with Crippen molar-refractivity contribution in [1.29, 1.82) is 0 Å². The third-order valence-electron chi connectivity index (χ3n) is 2.45. The predicted molar refractivity (Wildman–Crippen MR) is 59.5 cm³/mol. The molecule has 0 radical (unpaired) electrons. The number of rotatable bonds is 5. The Hall–Kier alpha value is -1.91. The lowest BCUT2D eigenvalue weighted by Gasteiger charge is -2.14. The van der Waals surface area contributed by atoms with E-state index < -0.39 is 12.1 Å². The summed E-state index contributed by atoms with van der Waals surface area (Å²) in [5.41, 5.74) is 0. The molecule has 1 heterocycles. The molecule has 0 saturated heterocycles. The van der Waals surface area contributed by atoms with Gasteiger partial charge in [-0.3, -0.25) is 0 Å². The lowest BCUT2D eigenvalue weighted by Crippen LogP contribution is -2.26. The monoisotopic (exact) mass is 238 g/mol. The van der Waals surface area contributed by atoms with Crippen molar-refractivity contribution in [3.8, 4) is 17.2 Å². The second kappa shape index (κ2) is 4.95. The van der Waals surface area contributed by atoms with Gasteiger partial charge in [-0.2, -0.15) is 0 Å². The van der Waals surface area contributed by atoms with Crippen molar-refractivity contribution in [2.24, 2.45) is 0 Å². The van der Waals surface area contributed by atoms with E-state index in [9.17, 15) is 4.79 Å². The molecular formula is C12H14O5. The molecule has 5 heteroatoms. The second-order valence-electron chi connectivity index (χ2n) is 3.75. The lowest BCUT2D eigenvalue weighted by molar-refractivity contribution is -0.145. The quantitative estimate of drug-likeness (QED) is 0.850. The Morgan fingerprint density at radius 1 is 1.47 bits per heavy atom. The zero-order valence-corrected chi connectivity index (χ0v) is 9.51. The van der Waals surface area contributed by atoms with Crippen LogP contribution in [-0.4, -0.2) is 24.0 Å². The van der Waals surface area contributed by atoms with Crippen molar-refractivity contribution in [2.75, 3.05) is 6.79 Å². The van der Waals surface area contributed by atoms with Crippen LogP contribution in [0.15, 0.2) is 18.2 Å². The van der Waals surface area contributed by atoms with Crippen molar-refractivity contribution >= 4 is 5.97 Å². The van der Waals surface area contributed by atoms with Gasteiger partial charge in [0.15, 0.2) is 17.6 Å². The van der Waals surface area contributed by atoms with Gasteiger partial charge in [0.05, 0.1) is 0 Å². The number of hydrogen-bond donors (Lipinski definition) is 1. The summed E-state index contributed by atoms with van der Waals surface area (Å²) in [6.07, 6.45) is 0.408. The Bertz CT molecular complexity index is 415. The summed E-state index contributed by atoms with van der Waals surface area (Å²) in [5.74, 6) is 0.766. The van der Waals surface area contributed by atoms with Gasteiger partial charge in [-0.15, -0.1) is 0 Å². The zero-order chi connectivity index (χ0) is 12.3. The highest BCUT2D eigenvalue weighted by Crippen LogP contribution is 2.35. The minimum absolute atomic E-state index is 0.191. The maximum Gasteiger partial charge on any atom is 0.344 e. The van der Waals surface area contributed by atoms with E-state index in [0.29, 0.717) is 23.7 Å². The van der Waals surface area contributed by atoms with E-state index >= 15 is 0 Å². The molecular weight excluding hydrogens is 224 g/mol. The summed E-state index contributed by atoms with van der Waals surface area (Å²) in [4.78, 5) is 10.9. The maximum absolute atomic E-state index is 10.9. The molecule has 1 aromatic carbocycles. The van der Waals surface area contributed by atoms with Crippen LogP contribution in [0.2, 0.25) is 0 Å². The molecule has 1 aliphatic rings. The Balaban J connectivity index is 2.09. The van der Waals surface area contributed by atoms with Gasteiger partial charge in [-0.05, 0) is 18.6 Å². The minimum atomic E-state index is -0.954. The Morgan fingerprint density at radius 3 is 2.94 bits per heavy atom. The number of hydrogen-bond acceptors (Lipinski definition) is 4. The van der Waals surface area contributed by atoms with Gasteiger partial charge >= 0.3 is 5.97 Å². The Morgan fingerprint density at radius 2 is 2.24 bits per heavy atom. The normalized spacial score (nSPS) is 14.4. The topological polar surface area (TPSA) is 65.0 Å². The van der Waals surface area contributed by atoms with Crippen LogP contribution in [0.25, 0.3) is 0 Å². The van der Waals surface area contributed by atoms with Crippen LogP contribution < -0.4 is 14.2 Å². The van der Waals surface area contributed by atoms with Gasteiger partial charge in [0.25, 0.3) is 0 Å². The van der Waals surface area contributed by atoms with E-state index in [1.54, 1.807) is 18.2 Å². The van der Waals surface area contributed by atoms with E-state index in [1.165, 1.54) is 0 Å². The predicted octanol–water partition coefficient (Wildman–Crippen LogP) is 2.05. The van der Waals surface area contributed by atoms with Crippen LogP contribution in [-0.2, 0) is 4.79 Å². The van der Waals surface area contributed by atoms with E-state index in [-0.39, 0.29) is 6.79 Å². The number of benzene rings is 1. The number of carboxylic acids is 1. The summed E-state index contributed by atoms with van der Waals surface area (Å²) < 4.78 is 15.8. The molecule has 0 aliphatic carbocycles. The molecule has 5 nitrogen and oxygen atoms in total. The van der Waals surface area contributed by atoms with Crippen molar-refractivity contribution < 1.29 is 24.1 Å². The van der Waals surface area contributed by atoms with E-state index in [0.717, 1.165) is 6.42 Å². The summed E-state index contributed by atoms with van der Waals surface area (Å²) in [6, 6.07) is 5.04. The largest absolute Gasteiger partial charge is 0.479 e. The molecule has 0 unspecified atom stereocenters. The molecule has 1 N–H and O–H groups in total. The fourth-order valence-corrected chi connectivity index (χ4v) is 1.61. The first kappa shape index (κ1) is 11.6. The highest BCUT2D eigenvalue weighted by molar-refractivity contribution is 5.72. The minimum Gasteiger partial charge on any atom is -0.479 e. The van der Waals surface area contributed by atoms with Gasteiger partial charge < -0.3 is 19.3 Å². The SMILES string of the molecule is CCC[C@H](Oc1ccc2c(c1)OCO2)C(=O)O. The van der Waals surface area contributed by atoms with Crippen LogP contribution in [0.1, 0.15) is 19.8 Å². The molecule has 0 aromatic heterocycles.